The second-order valence-electron chi connectivity index (χ2n) is 2.59. The maximum Gasteiger partial charge on any atom is 0.307 e. The van der Waals surface area contributed by atoms with E-state index in [4.69, 9.17) is 23.2 Å². The van der Waals surface area contributed by atoms with E-state index in [1.54, 1.807) is 0 Å². The van der Waals surface area contributed by atoms with Crippen LogP contribution in [0.15, 0.2) is 6.20 Å². The molecule has 0 saturated carbocycles. The first kappa shape index (κ1) is 12.0. The van der Waals surface area contributed by atoms with Gasteiger partial charge < -0.3 is 10.1 Å². The lowest BCUT2D eigenvalue weighted by Gasteiger charge is -2.05. The molecule has 1 N–H and O–H groups in total. The Kier molecular flexibility index (Phi) is 4.58. The molecule has 1 aromatic rings. The number of anilines is 1. The van der Waals surface area contributed by atoms with Crippen molar-refractivity contribution in [3.05, 3.63) is 16.5 Å². The third kappa shape index (κ3) is 3.89. The Morgan fingerprint density at radius 1 is 1.60 bits per heavy atom. The van der Waals surface area contributed by atoms with Gasteiger partial charge in [-0.2, -0.15) is 4.98 Å². The number of hydrogen-bond donors (Lipinski definition) is 1. The third-order valence-electron chi connectivity index (χ3n) is 1.56. The number of rotatable bonds is 4. The second-order valence-corrected chi connectivity index (χ2v) is 3.33. The molecule has 0 fully saturated rings. The topological polar surface area (TPSA) is 64.1 Å². The summed E-state index contributed by atoms with van der Waals surface area (Å²) >= 11 is 11.4. The zero-order chi connectivity index (χ0) is 11.3. The Bertz CT molecular complexity index is 360. The molecular weight excluding hydrogens is 241 g/mol. The van der Waals surface area contributed by atoms with Crippen molar-refractivity contribution in [2.75, 3.05) is 19.0 Å². The molecule has 0 spiro atoms. The zero-order valence-corrected chi connectivity index (χ0v) is 9.47. The van der Waals surface area contributed by atoms with E-state index in [1.165, 1.54) is 13.3 Å². The number of methoxy groups -OCH3 is 1. The highest BCUT2D eigenvalue weighted by Gasteiger charge is 2.05. The molecule has 7 heteroatoms. The Labute approximate surface area is 96.8 Å². The first-order valence-electron chi connectivity index (χ1n) is 4.12. The van der Waals surface area contributed by atoms with E-state index in [2.05, 4.69) is 20.0 Å². The van der Waals surface area contributed by atoms with Crippen LogP contribution in [0, 0.1) is 0 Å². The molecule has 0 atom stereocenters. The van der Waals surface area contributed by atoms with Gasteiger partial charge >= 0.3 is 5.97 Å². The molecule has 0 saturated heterocycles. The molecule has 0 radical (unpaired) electrons. The Hall–Kier alpha value is -1.07. The molecule has 15 heavy (non-hydrogen) atoms. The van der Waals surface area contributed by atoms with E-state index < -0.39 is 0 Å². The highest BCUT2D eigenvalue weighted by Crippen LogP contribution is 2.18. The number of hydrogen-bond acceptors (Lipinski definition) is 5. The fourth-order valence-electron chi connectivity index (χ4n) is 0.855. The molecule has 0 aliphatic rings. The summed E-state index contributed by atoms with van der Waals surface area (Å²) in [5, 5.41) is 3.30. The van der Waals surface area contributed by atoms with Crippen molar-refractivity contribution >= 4 is 35.0 Å². The number of ether oxygens (including phenoxy) is 1. The van der Waals surface area contributed by atoms with E-state index in [0.29, 0.717) is 17.4 Å². The molecule has 1 aromatic heterocycles. The number of aromatic nitrogens is 2. The first-order valence-corrected chi connectivity index (χ1v) is 4.88. The summed E-state index contributed by atoms with van der Waals surface area (Å²) in [6.45, 7) is 0.375. The molecule has 0 aliphatic carbocycles. The Morgan fingerprint density at radius 2 is 2.33 bits per heavy atom. The lowest BCUT2D eigenvalue weighted by atomic mass is 10.4. The van der Waals surface area contributed by atoms with Gasteiger partial charge in [0.05, 0.1) is 19.7 Å². The van der Waals surface area contributed by atoms with Gasteiger partial charge in [0, 0.05) is 6.54 Å². The van der Waals surface area contributed by atoms with E-state index in [9.17, 15) is 4.79 Å². The van der Waals surface area contributed by atoms with Gasteiger partial charge in [0.25, 0.3) is 0 Å². The standard InChI is InChI=1S/C8H9Cl2N3O2/c1-15-6(14)2-3-11-7-5(9)4-12-8(10)13-7/h4H,2-3H2,1H3,(H,11,12,13). The zero-order valence-electron chi connectivity index (χ0n) is 7.96. The van der Waals surface area contributed by atoms with Crippen molar-refractivity contribution < 1.29 is 9.53 Å². The molecule has 0 amide bonds. The minimum atomic E-state index is -0.307. The van der Waals surface area contributed by atoms with Crippen LogP contribution in [0.2, 0.25) is 10.3 Å². The van der Waals surface area contributed by atoms with E-state index in [0.717, 1.165) is 0 Å². The molecule has 0 aliphatic heterocycles. The maximum atomic E-state index is 10.8. The third-order valence-corrected chi connectivity index (χ3v) is 2.02. The molecule has 0 aromatic carbocycles. The van der Waals surface area contributed by atoms with Crippen LogP contribution in [0.1, 0.15) is 6.42 Å². The highest BCUT2D eigenvalue weighted by molar-refractivity contribution is 6.33. The minimum Gasteiger partial charge on any atom is -0.469 e. The Balaban J connectivity index is 2.50. The average Bonchev–Trinajstić information content (AvgIpc) is 2.23. The van der Waals surface area contributed by atoms with Crippen LogP contribution in [-0.4, -0.2) is 29.6 Å². The van der Waals surface area contributed by atoms with Gasteiger partial charge in [-0.3, -0.25) is 4.79 Å². The summed E-state index contributed by atoms with van der Waals surface area (Å²) in [7, 11) is 1.33. The van der Waals surface area contributed by atoms with Gasteiger partial charge in [-0.05, 0) is 11.6 Å². The average molecular weight is 250 g/mol. The number of nitrogens with one attached hydrogen (secondary N) is 1. The van der Waals surface area contributed by atoms with Crippen LogP contribution >= 0.6 is 23.2 Å². The van der Waals surface area contributed by atoms with Crippen molar-refractivity contribution in [2.24, 2.45) is 0 Å². The van der Waals surface area contributed by atoms with Crippen LogP contribution in [0.5, 0.6) is 0 Å². The van der Waals surface area contributed by atoms with Gasteiger partial charge in [0.2, 0.25) is 5.28 Å². The lowest BCUT2D eigenvalue weighted by molar-refractivity contribution is -0.140. The van der Waals surface area contributed by atoms with Crippen molar-refractivity contribution in [3.8, 4) is 0 Å². The normalized spacial score (nSPS) is 9.80. The SMILES string of the molecule is COC(=O)CCNc1nc(Cl)ncc1Cl. The van der Waals surface area contributed by atoms with Crippen LogP contribution in [-0.2, 0) is 9.53 Å². The number of carbonyl (C=O) groups is 1. The molecule has 0 bridgehead atoms. The summed E-state index contributed by atoms with van der Waals surface area (Å²) in [5.74, 6) is 0.0966. The van der Waals surface area contributed by atoms with Crippen molar-refractivity contribution in [1.29, 1.82) is 0 Å². The summed E-state index contributed by atoms with van der Waals surface area (Å²) in [6.07, 6.45) is 1.62. The number of nitrogens with zero attached hydrogens (tertiary/aromatic N) is 2. The van der Waals surface area contributed by atoms with Crippen molar-refractivity contribution in [3.63, 3.8) is 0 Å². The Morgan fingerprint density at radius 3 is 3.00 bits per heavy atom. The molecule has 0 unspecified atom stereocenters. The fraction of sp³-hybridized carbons (Fsp3) is 0.375. The lowest BCUT2D eigenvalue weighted by Crippen LogP contribution is -2.11. The van der Waals surface area contributed by atoms with Gasteiger partial charge in [0.15, 0.2) is 0 Å². The smallest absolute Gasteiger partial charge is 0.307 e. The fourth-order valence-corrected chi connectivity index (χ4v) is 1.15. The van der Waals surface area contributed by atoms with Gasteiger partial charge in [-0.1, -0.05) is 11.6 Å². The molecule has 1 heterocycles. The van der Waals surface area contributed by atoms with E-state index >= 15 is 0 Å². The van der Waals surface area contributed by atoms with Gasteiger partial charge in [0.1, 0.15) is 10.8 Å². The van der Waals surface area contributed by atoms with E-state index in [1.807, 2.05) is 0 Å². The second kappa shape index (κ2) is 5.72. The minimum absolute atomic E-state index is 0.0972. The monoisotopic (exact) mass is 249 g/mol. The molecule has 5 nitrogen and oxygen atoms in total. The predicted molar refractivity (Wildman–Crippen MR) is 57.2 cm³/mol. The van der Waals surface area contributed by atoms with E-state index in [-0.39, 0.29) is 17.7 Å². The summed E-state index contributed by atoms with van der Waals surface area (Å²) < 4.78 is 4.47. The largest absolute Gasteiger partial charge is 0.469 e. The predicted octanol–water partition coefficient (Wildman–Crippen LogP) is 1.76. The van der Waals surface area contributed by atoms with Crippen LogP contribution in [0.25, 0.3) is 0 Å². The highest BCUT2D eigenvalue weighted by atomic mass is 35.5. The first-order chi connectivity index (χ1) is 7.13. The quantitative estimate of drug-likeness (QED) is 0.651. The van der Waals surface area contributed by atoms with Crippen LogP contribution < -0.4 is 5.32 Å². The number of esters is 1. The van der Waals surface area contributed by atoms with Crippen molar-refractivity contribution in [1.82, 2.24) is 9.97 Å². The molecule has 82 valence electrons. The summed E-state index contributed by atoms with van der Waals surface area (Å²) in [5.41, 5.74) is 0. The van der Waals surface area contributed by atoms with Gasteiger partial charge in [-0.25, -0.2) is 4.98 Å². The number of carbonyl (C=O) groups excluding carboxylic acids is 1. The van der Waals surface area contributed by atoms with Crippen LogP contribution in [0.3, 0.4) is 0 Å². The molecule has 1 rings (SSSR count). The van der Waals surface area contributed by atoms with Gasteiger partial charge in [-0.15, -0.1) is 0 Å². The maximum absolute atomic E-state index is 10.8. The summed E-state index contributed by atoms with van der Waals surface area (Å²) in [4.78, 5) is 18.3. The summed E-state index contributed by atoms with van der Waals surface area (Å²) in [6, 6.07) is 0. The number of halogens is 2. The van der Waals surface area contributed by atoms with Crippen LogP contribution in [0.4, 0.5) is 5.82 Å². The molecular formula is C8H9Cl2N3O2. The van der Waals surface area contributed by atoms with Crippen molar-refractivity contribution in [2.45, 2.75) is 6.42 Å².